The summed E-state index contributed by atoms with van der Waals surface area (Å²) in [5.74, 6) is -2.32. The van der Waals surface area contributed by atoms with E-state index in [1.807, 2.05) is 31.2 Å². The number of hydrogen-bond acceptors (Lipinski definition) is 3. The summed E-state index contributed by atoms with van der Waals surface area (Å²) < 4.78 is 26.1. The number of benzene rings is 2. The lowest BCUT2D eigenvalue weighted by molar-refractivity contribution is -0.114. The van der Waals surface area contributed by atoms with E-state index in [1.165, 1.54) is 6.07 Å². The minimum atomic E-state index is -1.00. The first kappa shape index (κ1) is 15.9. The van der Waals surface area contributed by atoms with Crippen LogP contribution in [0, 0.1) is 18.6 Å². The fourth-order valence-corrected chi connectivity index (χ4v) is 2.42. The maximum absolute atomic E-state index is 13.2. The molecule has 1 amide bonds. The van der Waals surface area contributed by atoms with Crippen molar-refractivity contribution in [3.63, 3.8) is 0 Å². The third-order valence-corrected chi connectivity index (χ3v) is 3.59. The number of pyridine rings is 1. The molecule has 6 heteroatoms. The maximum Gasteiger partial charge on any atom is 0.243 e. The van der Waals surface area contributed by atoms with Gasteiger partial charge < -0.3 is 10.6 Å². The number of aryl methyl sites for hydroxylation is 1. The summed E-state index contributed by atoms with van der Waals surface area (Å²) in [6.07, 6.45) is 1.73. The number of para-hydroxylation sites is 1. The van der Waals surface area contributed by atoms with Crippen molar-refractivity contribution < 1.29 is 13.6 Å². The second-order valence-electron chi connectivity index (χ2n) is 5.36. The lowest BCUT2D eigenvalue weighted by Crippen LogP contribution is -2.22. The molecular formula is C18H15F2N3O. The summed E-state index contributed by atoms with van der Waals surface area (Å²) in [4.78, 5) is 16.4. The Balaban J connectivity index is 1.72. The molecule has 0 fully saturated rings. The predicted octanol–water partition coefficient (Wildman–Crippen LogP) is 3.87. The molecule has 0 aliphatic carbocycles. The summed E-state index contributed by atoms with van der Waals surface area (Å²) in [7, 11) is 0. The molecule has 24 heavy (non-hydrogen) atoms. The van der Waals surface area contributed by atoms with Gasteiger partial charge in [-0.25, -0.2) is 8.78 Å². The van der Waals surface area contributed by atoms with Gasteiger partial charge in [0, 0.05) is 29.0 Å². The lowest BCUT2D eigenvalue weighted by Gasteiger charge is -2.12. The number of rotatable bonds is 4. The van der Waals surface area contributed by atoms with Gasteiger partial charge in [0.05, 0.1) is 12.1 Å². The third kappa shape index (κ3) is 3.32. The minimum absolute atomic E-state index is 0.00611. The van der Waals surface area contributed by atoms with Gasteiger partial charge in [0.2, 0.25) is 5.91 Å². The van der Waals surface area contributed by atoms with Crippen LogP contribution in [0.15, 0.2) is 48.7 Å². The molecule has 0 aliphatic heterocycles. The van der Waals surface area contributed by atoms with Crippen LogP contribution in [0.4, 0.5) is 20.2 Å². The van der Waals surface area contributed by atoms with Crippen molar-refractivity contribution in [1.82, 2.24) is 4.98 Å². The van der Waals surface area contributed by atoms with E-state index in [0.29, 0.717) is 0 Å². The molecule has 0 atom stereocenters. The van der Waals surface area contributed by atoms with Crippen molar-refractivity contribution in [3.8, 4) is 0 Å². The number of fused-ring (bicyclic) bond motifs is 1. The zero-order chi connectivity index (χ0) is 17.1. The number of hydrogen-bond donors (Lipinski definition) is 2. The number of amides is 1. The summed E-state index contributed by atoms with van der Waals surface area (Å²) >= 11 is 0. The van der Waals surface area contributed by atoms with Gasteiger partial charge in [-0.3, -0.25) is 9.78 Å². The number of carbonyl (C=O) groups excluding carboxylic acids is 1. The van der Waals surface area contributed by atoms with E-state index < -0.39 is 11.6 Å². The van der Waals surface area contributed by atoms with E-state index in [-0.39, 0.29) is 18.1 Å². The van der Waals surface area contributed by atoms with Crippen LogP contribution < -0.4 is 10.6 Å². The summed E-state index contributed by atoms with van der Waals surface area (Å²) in [6, 6.07) is 10.8. The van der Waals surface area contributed by atoms with Crippen LogP contribution in [0.25, 0.3) is 10.9 Å². The molecule has 3 aromatic rings. The molecule has 0 radical (unpaired) electrons. The Labute approximate surface area is 137 Å². The Bertz CT molecular complexity index is 912. The van der Waals surface area contributed by atoms with Crippen LogP contribution in [-0.2, 0) is 4.79 Å². The average Bonchev–Trinajstić information content (AvgIpc) is 2.57. The zero-order valence-electron chi connectivity index (χ0n) is 12.9. The van der Waals surface area contributed by atoms with Gasteiger partial charge in [-0.1, -0.05) is 18.2 Å². The normalized spacial score (nSPS) is 10.6. The number of carbonyl (C=O) groups is 1. The molecule has 0 aliphatic rings. The first-order valence-electron chi connectivity index (χ1n) is 7.38. The largest absolute Gasteiger partial charge is 0.375 e. The Morgan fingerprint density at radius 3 is 2.71 bits per heavy atom. The van der Waals surface area contributed by atoms with Crippen LogP contribution in [0.5, 0.6) is 0 Å². The molecule has 1 aromatic heterocycles. The smallest absolute Gasteiger partial charge is 0.243 e. The average molecular weight is 327 g/mol. The van der Waals surface area contributed by atoms with E-state index in [4.69, 9.17) is 0 Å². The first-order chi connectivity index (χ1) is 11.5. The highest BCUT2D eigenvalue weighted by Gasteiger charge is 2.09. The second kappa shape index (κ2) is 6.62. The van der Waals surface area contributed by atoms with Crippen LogP contribution in [0.3, 0.4) is 0 Å². The minimum Gasteiger partial charge on any atom is -0.375 e. The molecule has 0 unspecified atom stereocenters. The Morgan fingerprint density at radius 1 is 1.12 bits per heavy atom. The van der Waals surface area contributed by atoms with Gasteiger partial charge in [-0.2, -0.15) is 0 Å². The van der Waals surface area contributed by atoms with Crippen LogP contribution >= 0.6 is 0 Å². The van der Waals surface area contributed by atoms with E-state index >= 15 is 0 Å². The quantitative estimate of drug-likeness (QED) is 0.765. The van der Waals surface area contributed by atoms with Gasteiger partial charge in [0.25, 0.3) is 0 Å². The molecule has 4 nitrogen and oxygen atoms in total. The summed E-state index contributed by atoms with van der Waals surface area (Å²) in [6.45, 7) is 1.89. The van der Waals surface area contributed by atoms with Crippen LogP contribution in [-0.4, -0.2) is 17.4 Å². The number of nitrogens with one attached hydrogen (secondary N) is 2. The van der Waals surface area contributed by atoms with Gasteiger partial charge in [0.15, 0.2) is 11.6 Å². The molecule has 0 bridgehead atoms. The molecule has 0 saturated heterocycles. The van der Waals surface area contributed by atoms with Crippen molar-refractivity contribution in [2.45, 2.75) is 6.92 Å². The number of halogens is 2. The van der Waals surface area contributed by atoms with Crippen LogP contribution in [0.1, 0.15) is 5.56 Å². The van der Waals surface area contributed by atoms with Crippen molar-refractivity contribution >= 4 is 28.2 Å². The van der Waals surface area contributed by atoms with Gasteiger partial charge in [-0.05, 0) is 30.7 Å². The van der Waals surface area contributed by atoms with Crippen molar-refractivity contribution in [3.05, 3.63) is 65.9 Å². The van der Waals surface area contributed by atoms with Crippen LogP contribution in [0.2, 0.25) is 0 Å². The molecule has 1 heterocycles. The third-order valence-electron chi connectivity index (χ3n) is 3.59. The van der Waals surface area contributed by atoms with E-state index in [2.05, 4.69) is 15.6 Å². The van der Waals surface area contributed by atoms with Crippen molar-refractivity contribution in [2.75, 3.05) is 17.2 Å². The van der Waals surface area contributed by atoms with Gasteiger partial charge in [0.1, 0.15) is 0 Å². The SMILES string of the molecule is Cc1cnc2ccccc2c1NCC(=O)Nc1ccc(F)c(F)c1. The number of aromatic nitrogens is 1. The summed E-state index contributed by atoms with van der Waals surface area (Å²) in [5.41, 5.74) is 2.76. The topological polar surface area (TPSA) is 54.0 Å². The Morgan fingerprint density at radius 2 is 1.92 bits per heavy atom. The van der Waals surface area contributed by atoms with E-state index in [0.717, 1.165) is 34.3 Å². The standard InChI is InChI=1S/C18H15F2N3O/c1-11-9-21-16-5-3-2-4-13(16)18(11)22-10-17(24)23-12-6-7-14(19)15(20)8-12/h2-9H,10H2,1H3,(H,21,22)(H,23,24). The fraction of sp³-hybridized carbons (Fsp3) is 0.111. The van der Waals surface area contributed by atoms with E-state index in [9.17, 15) is 13.6 Å². The highest BCUT2D eigenvalue weighted by Crippen LogP contribution is 2.24. The molecule has 3 rings (SSSR count). The molecular weight excluding hydrogens is 312 g/mol. The second-order valence-corrected chi connectivity index (χ2v) is 5.36. The highest BCUT2D eigenvalue weighted by molar-refractivity contribution is 5.97. The monoisotopic (exact) mass is 327 g/mol. The number of nitrogens with zero attached hydrogens (tertiary/aromatic N) is 1. The maximum atomic E-state index is 13.2. The molecule has 0 saturated carbocycles. The molecule has 2 N–H and O–H groups in total. The first-order valence-corrected chi connectivity index (χ1v) is 7.38. The predicted molar refractivity (Wildman–Crippen MR) is 90.0 cm³/mol. The Kier molecular flexibility index (Phi) is 4.37. The lowest BCUT2D eigenvalue weighted by atomic mass is 10.1. The van der Waals surface area contributed by atoms with Gasteiger partial charge in [-0.15, -0.1) is 0 Å². The highest BCUT2D eigenvalue weighted by atomic mass is 19.2. The molecule has 2 aromatic carbocycles. The molecule has 122 valence electrons. The fourth-order valence-electron chi connectivity index (χ4n) is 2.42. The zero-order valence-corrected chi connectivity index (χ0v) is 12.9. The van der Waals surface area contributed by atoms with Crippen molar-refractivity contribution in [2.24, 2.45) is 0 Å². The number of anilines is 2. The van der Waals surface area contributed by atoms with E-state index in [1.54, 1.807) is 6.20 Å². The van der Waals surface area contributed by atoms with Crippen molar-refractivity contribution in [1.29, 1.82) is 0 Å². The Hall–Kier alpha value is -3.02. The summed E-state index contributed by atoms with van der Waals surface area (Å²) in [5, 5.41) is 6.52. The van der Waals surface area contributed by atoms with Gasteiger partial charge >= 0.3 is 0 Å². The molecule has 0 spiro atoms.